The minimum Gasteiger partial charge on any atom is -0.466 e. The SMILES string of the molecule is CCOC(=O)C(C)CNC1CCCCC1C. The second-order valence-electron chi connectivity index (χ2n) is 4.93. The third-order valence-corrected chi connectivity index (χ3v) is 3.49. The summed E-state index contributed by atoms with van der Waals surface area (Å²) in [4.78, 5) is 11.4. The minimum atomic E-state index is -0.0848. The maximum Gasteiger partial charge on any atom is 0.309 e. The maximum atomic E-state index is 11.4. The molecule has 0 spiro atoms. The number of carbonyl (C=O) groups excluding carboxylic acids is 1. The quantitative estimate of drug-likeness (QED) is 0.733. The van der Waals surface area contributed by atoms with Gasteiger partial charge in [0.15, 0.2) is 0 Å². The molecule has 3 atom stereocenters. The van der Waals surface area contributed by atoms with Gasteiger partial charge in [-0.25, -0.2) is 0 Å². The molecule has 1 aliphatic carbocycles. The zero-order chi connectivity index (χ0) is 12.0. The molecule has 1 rings (SSSR count). The highest BCUT2D eigenvalue weighted by atomic mass is 16.5. The molecule has 0 radical (unpaired) electrons. The minimum absolute atomic E-state index is 0.0333. The van der Waals surface area contributed by atoms with Gasteiger partial charge in [0.1, 0.15) is 0 Å². The first-order valence-corrected chi connectivity index (χ1v) is 6.55. The summed E-state index contributed by atoms with van der Waals surface area (Å²) in [5, 5.41) is 3.51. The molecule has 0 bridgehead atoms. The van der Waals surface area contributed by atoms with E-state index >= 15 is 0 Å². The highest BCUT2D eigenvalue weighted by Gasteiger charge is 2.22. The van der Waals surface area contributed by atoms with Crippen molar-refractivity contribution in [2.24, 2.45) is 11.8 Å². The van der Waals surface area contributed by atoms with E-state index in [1.165, 1.54) is 25.7 Å². The van der Waals surface area contributed by atoms with E-state index in [1.807, 2.05) is 13.8 Å². The Morgan fingerprint density at radius 1 is 1.44 bits per heavy atom. The lowest BCUT2D eigenvalue weighted by Crippen LogP contribution is -2.41. The highest BCUT2D eigenvalue weighted by molar-refractivity contribution is 5.72. The van der Waals surface area contributed by atoms with E-state index in [0.717, 1.165) is 12.5 Å². The van der Waals surface area contributed by atoms with Crippen LogP contribution in [0, 0.1) is 11.8 Å². The van der Waals surface area contributed by atoms with Crippen LogP contribution in [0.4, 0.5) is 0 Å². The Labute approximate surface area is 98.9 Å². The van der Waals surface area contributed by atoms with Gasteiger partial charge in [0.05, 0.1) is 12.5 Å². The van der Waals surface area contributed by atoms with Crippen molar-refractivity contribution in [3.8, 4) is 0 Å². The lowest BCUT2D eigenvalue weighted by molar-refractivity contribution is -0.147. The first kappa shape index (κ1) is 13.5. The van der Waals surface area contributed by atoms with Gasteiger partial charge in [-0.05, 0) is 25.7 Å². The molecular weight excluding hydrogens is 202 g/mol. The van der Waals surface area contributed by atoms with E-state index in [9.17, 15) is 4.79 Å². The van der Waals surface area contributed by atoms with Crippen LogP contribution in [0.3, 0.4) is 0 Å². The van der Waals surface area contributed by atoms with Gasteiger partial charge in [-0.2, -0.15) is 0 Å². The molecule has 1 aliphatic rings. The van der Waals surface area contributed by atoms with E-state index in [2.05, 4.69) is 12.2 Å². The summed E-state index contributed by atoms with van der Waals surface area (Å²) in [6.45, 7) is 7.29. The van der Waals surface area contributed by atoms with Crippen LogP contribution in [0.1, 0.15) is 46.5 Å². The zero-order valence-electron chi connectivity index (χ0n) is 10.8. The molecule has 3 unspecified atom stereocenters. The van der Waals surface area contributed by atoms with Crippen molar-refractivity contribution in [1.82, 2.24) is 5.32 Å². The Hall–Kier alpha value is -0.570. The van der Waals surface area contributed by atoms with Crippen molar-refractivity contribution >= 4 is 5.97 Å². The van der Waals surface area contributed by atoms with Crippen LogP contribution in [0.25, 0.3) is 0 Å². The van der Waals surface area contributed by atoms with Gasteiger partial charge in [0.2, 0.25) is 0 Å². The predicted molar refractivity (Wildman–Crippen MR) is 65.2 cm³/mol. The van der Waals surface area contributed by atoms with Crippen molar-refractivity contribution in [3.05, 3.63) is 0 Å². The van der Waals surface area contributed by atoms with E-state index < -0.39 is 0 Å². The molecule has 1 saturated carbocycles. The molecule has 94 valence electrons. The van der Waals surface area contributed by atoms with Crippen molar-refractivity contribution in [2.45, 2.75) is 52.5 Å². The second-order valence-corrected chi connectivity index (χ2v) is 4.93. The summed E-state index contributed by atoms with van der Waals surface area (Å²) in [7, 11) is 0. The number of ether oxygens (including phenoxy) is 1. The number of nitrogens with one attached hydrogen (secondary N) is 1. The monoisotopic (exact) mass is 227 g/mol. The van der Waals surface area contributed by atoms with Gasteiger partial charge < -0.3 is 10.1 Å². The van der Waals surface area contributed by atoms with Crippen LogP contribution in [0.5, 0.6) is 0 Å². The molecule has 1 N–H and O–H groups in total. The van der Waals surface area contributed by atoms with Crippen LogP contribution >= 0.6 is 0 Å². The Morgan fingerprint density at radius 2 is 2.12 bits per heavy atom. The Bertz CT molecular complexity index is 218. The summed E-state index contributed by atoms with van der Waals surface area (Å²) >= 11 is 0. The van der Waals surface area contributed by atoms with Crippen molar-refractivity contribution in [1.29, 1.82) is 0 Å². The Kier molecular flexibility index (Phi) is 5.81. The first-order chi connectivity index (χ1) is 7.65. The van der Waals surface area contributed by atoms with Crippen LogP contribution in [0.15, 0.2) is 0 Å². The lowest BCUT2D eigenvalue weighted by atomic mass is 9.86. The fraction of sp³-hybridized carbons (Fsp3) is 0.923. The summed E-state index contributed by atoms with van der Waals surface area (Å²) in [5.41, 5.74) is 0. The fourth-order valence-electron chi connectivity index (χ4n) is 2.32. The molecule has 0 amide bonds. The molecule has 0 saturated heterocycles. The van der Waals surface area contributed by atoms with Crippen molar-refractivity contribution < 1.29 is 9.53 Å². The molecule has 0 aromatic heterocycles. The number of rotatable bonds is 5. The highest BCUT2D eigenvalue weighted by Crippen LogP contribution is 2.23. The van der Waals surface area contributed by atoms with Crippen LogP contribution < -0.4 is 5.32 Å². The molecule has 16 heavy (non-hydrogen) atoms. The van der Waals surface area contributed by atoms with E-state index in [0.29, 0.717) is 12.6 Å². The first-order valence-electron chi connectivity index (χ1n) is 6.55. The topological polar surface area (TPSA) is 38.3 Å². The maximum absolute atomic E-state index is 11.4. The van der Waals surface area contributed by atoms with Crippen LogP contribution in [-0.4, -0.2) is 25.2 Å². The largest absolute Gasteiger partial charge is 0.466 e. The number of hydrogen-bond donors (Lipinski definition) is 1. The second kappa shape index (κ2) is 6.89. The molecular formula is C13H25NO2. The Balaban J connectivity index is 2.24. The normalized spacial score (nSPS) is 27.4. The van der Waals surface area contributed by atoms with E-state index in [4.69, 9.17) is 4.74 Å². The smallest absolute Gasteiger partial charge is 0.309 e. The van der Waals surface area contributed by atoms with Gasteiger partial charge in [-0.1, -0.05) is 26.7 Å². The Morgan fingerprint density at radius 3 is 2.75 bits per heavy atom. The average molecular weight is 227 g/mol. The zero-order valence-corrected chi connectivity index (χ0v) is 10.8. The van der Waals surface area contributed by atoms with Crippen LogP contribution in [-0.2, 0) is 9.53 Å². The standard InChI is InChI=1S/C13H25NO2/c1-4-16-13(15)11(3)9-14-12-8-6-5-7-10(12)2/h10-12,14H,4-9H2,1-3H3. The third-order valence-electron chi connectivity index (χ3n) is 3.49. The summed E-state index contributed by atoms with van der Waals surface area (Å²) in [6, 6.07) is 0.589. The molecule has 0 aliphatic heterocycles. The summed E-state index contributed by atoms with van der Waals surface area (Å²) in [5.74, 6) is 0.621. The molecule has 1 fully saturated rings. The number of esters is 1. The molecule has 3 nitrogen and oxygen atoms in total. The van der Waals surface area contributed by atoms with Gasteiger partial charge in [0.25, 0.3) is 0 Å². The predicted octanol–water partition coefficient (Wildman–Crippen LogP) is 2.35. The fourth-order valence-corrected chi connectivity index (χ4v) is 2.32. The van der Waals surface area contributed by atoms with Gasteiger partial charge in [-0.3, -0.25) is 4.79 Å². The molecule has 0 aromatic rings. The average Bonchev–Trinajstić information content (AvgIpc) is 2.28. The lowest BCUT2D eigenvalue weighted by Gasteiger charge is -2.30. The van der Waals surface area contributed by atoms with Gasteiger partial charge in [0, 0.05) is 12.6 Å². The van der Waals surface area contributed by atoms with E-state index in [-0.39, 0.29) is 11.9 Å². The summed E-state index contributed by atoms with van der Waals surface area (Å²) in [6.07, 6.45) is 5.23. The molecule has 0 heterocycles. The van der Waals surface area contributed by atoms with Crippen LogP contribution in [0.2, 0.25) is 0 Å². The van der Waals surface area contributed by atoms with Crippen molar-refractivity contribution in [2.75, 3.05) is 13.2 Å². The van der Waals surface area contributed by atoms with Gasteiger partial charge >= 0.3 is 5.97 Å². The molecule has 3 heteroatoms. The van der Waals surface area contributed by atoms with Crippen molar-refractivity contribution in [3.63, 3.8) is 0 Å². The molecule has 0 aromatic carbocycles. The third kappa shape index (κ3) is 4.12. The summed E-state index contributed by atoms with van der Waals surface area (Å²) < 4.78 is 4.99. The van der Waals surface area contributed by atoms with Gasteiger partial charge in [-0.15, -0.1) is 0 Å². The number of hydrogen-bond acceptors (Lipinski definition) is 3. The van der Waals surface area contributed by atoms with E-state index in [1.54, 1.807) is 0 Å². The number of carbonyl (C=O) groups is 1.